The molecule has 1 amide bonds. The molecule has 0 bridgehead atoms. The third-order valence-electron chi connectivity index (χ3n) is 3.52. The molecule has 0 aliphatic heterocycles. The number of hydrogen-bond donors (Lipinski definition) is 1. The fraction of sp³-hybridized carbons (Fsp3) is 0.111. The van der Waals surface area contributed by atoms with Crippen molar-refractivity contribution in [2.24, 2.45) is 0 Å². The molecule has 8 heteroatoms. The highest BCUT2D eigenvalue weighted by Crippen LogP contribution is 2.18. The van der Waals surface area contributed by atoms with Gasteiger partial charge in [-0.1, -0.05) is 11.6 Å². The second-order valence-corrected chi connectivity index (χ2v) is 5.88. The van der Waals surface area contributed by atoms with Crippen LogP contribution in [-0.2, 0) is 9.53 Å². The van der Waals surface area contributed by atoms with Crippen LogP contribution in [0.2, 0.25) is 5.02 Å². The summed E-state index contributed by atoms with van der Waals surface area (Å²) in [5.41, 5.74) is 1.03. The van der Waals surface area contributed by atoms with Crippen LogP contribution < -0.4 is 5.32 Å². The molecule has 132 valence electrons. The van der Waals surface area contributed by atoms with Crippen molar-refractivity contribution in [1.82, 2.24) is 9.97 Å². The van der Waals surface area contributed by atoms with Gasteiger partial charge in [0.25, 0.3) is 5.91 Å². The number of benzene rings is 1. The molecule has 0 unspecified atom stereocenters. The molecule has 2 aromatic heterocycles. The molecule has 3 rings (SSSR count). The number of aromatic nitrogens is 2. The summed E-state index contributed by atoms with van der Waals surface area (Å²) in [6.45, 7) is 1.13. The molecule has 0 saturated heterocycles. The van der Waals surface area contributed by atoms with Crippen LogP contribution in [0.25, 0.3) is 10.9 Å². The van der Waals surface area contributed by atoms with Crippen LogP contribution in [0.15, 0.2) is 42.6 Å². The fourth-order valence-electron chi connectivity index (χ4n) is 2.28. The van der Waals surface area contributed by atoms with Crippen LogP contribution >= 0.6 is 11.6 Å². The first-order chi connectivity index (χ1) is 12.4. The zero-order valence-electron chi connectivity index (χ0n) is 13.6. The molecular formula is C18H13ClFN3O3. The average Bonchev–Trinajstić information content (AvgIpc) is 2.61. The van der Waals surface area contributed by atoms with Gasteiger partial charge < -0.3 is 10.1 Å². The first kappa shape index (κ1) is 17.8. The fourth-order valence-corrected chi connectivity index (χ4v) is 2.39. The van der Waals surface area contributed by atoms with Gasteiger partial charge in [0.2, 0.25) is 0 Å². The van der Waals surface area contributed by atoms with Gasteiger partial charge in [-0.15, -0.1) is 0 Å². The molecule has 3 aromatic rings. The van der Waals surface area contributed by atoms with Gasteiger partial charge >= 0.3 is 5.97 Å². The Morgan fingerprint density at radius 2 is 2.04 bits per heavy atom. The molecule has 0 spiro atoms. The summed E-state index contributed by atoms with van der Waals surface area (Å²) < 4.78 is 18.3. The summed E-state index contributed by atoms with van der Waals surface area (Å²) in [5, 5.41) is 3.52. The Kier molecular flexibility index (Phi) is 5.09. The Morgan fingerprint density at radius 3 is 2.77 bits per heavy atom. The van der Waals surface area contributed by atoms with Crippen LogP contribution in [0.3, 0.4) is 0 Å². The largest absolute Gasteiger partial charge is 0.452 e. The first-order valence-corrected chi connectivity index (χ1v) is 7.95. The number of ether oxygens (including phenoxy) is 1. The maximum absolute atomic E-state index is 13.2. The van der Waals surface area contributed by atoms with Crippen LogP contribution in [0.1, 0.15) is 16.1 Å². The molecule has 26 heavy (non-hydrogen) atoms. The van der Waals surface area contributed by atoms with E-state index in [0.717, 1.165) is 0 Å². The number of carbonyl (C=O) groups excluding carboxylic acids is 2. The maximum atomic E-state index is 13.2. The van der Waals surface area contributed by atoms with Crippen molar-refractivity contribution in [3.05, 3.63) is 64.7 Å². The molecule has 1 N–H and O–H groups in total. The van der Waals surface area contributed by atoms with E-state index in [0.29, 0.717) is 27.4 Å². The third-order valence-corrected chi connectivity index (χ3v) is 3.74. The van der Waals surface area contributed by atoms with E-state index >= 15 is 0 Å². The lowest BCUT2D eigenvalue weighted by Gasteiger charge is -2.09. The van der Waals surface area contributed by atoms with E-state index < -0.39 is 24.3 Å². The van der Waals surface area contributed by atoms with E-state index in [9.17, 15) is 14.0 Å². The third kappa shape index (κ3) is 4.12. The lowest BCUT2D eigenvalue weighted by atomic mass is 10.1. The Morgan fingerprint density at radius 1 is 1.23 bits per heavy atom. The van der Waals surface area contributed by atoms with Gasteiger partial charge in [-0.05, 0) is 37.3 Å². The van der Waals surface area contributed by atoms with E-state index in [1.54, 1.807) is 19.1 Å². The number of carbonyl (C=O) groups is 2. The topological polar surface area (TPSA) is 81.2 Å². The summed E-state index contributed by atoms with van der Waals surface area (Å²) in [6, 6.07) is 8.73. The maximum Gasteiger partial charge on any atom is 0.340 e. The minimum atomic E-state index is -0.694. The van der Waals surface area contributed by atoms with Crippen molar-refractivity contribution in [3.8, 4) is 0 Å². The van der Waals surface area contributed by atoms with Crippen molar-refractivity contribution >= 4 is 40.2 Å². The number of esters is 1. The summed E-state index contributed by atoms with van der Waals surface area (Å²) in [5.74, 6) is -1.35. The summed E-state index contributed by atoms with van der Waals surface area (Å²) in [4.78, 5) is 32.2. The lowest BCUT2D eigenvalue weighted by molar-refractivity contribution is -0.119. The zero-order valence-corrected chi connectivity index (χ0v) is 14.4. The highest BCUT2D eigenvalue weighted by Gasteiger charge is 2.15. The monoisotopic (exact) mass is 373 g/mol. The van der Waals surface area contributed by atoms with Crippen molar-refractivity contribution < 1.29 is 18.7 Å². The van der Waals surface area contributed by atoms with E-state index in [1.807, 2.05) is 0 Å². The normalized spacial score (nSPS) is 10.6. The summed E-state index contributed by atoms with van der Waals surface area (Å²) in [7, 11) is 0. The number of pyridine rings is 2. The molecule has 1 aromatic carbocycles. The van der Waals surface area contributed by atoms with Crippen LogP contribution in [-0.4, -0.2) is 28.5 Å². The highest BCUT2D eigenvalue weighted by atomic mass is 35.5. The number of halogens is 2. The van der Waals surface area contributed by atoms with Crippen LogP contribution in [0.5, 0.6) is 0 Å². The second kappa shape index (κ2) is 7.45. The van der Waals surface area contributed by atoms with Gasteiger partial charge in [0.1, 0.15) is 11.6 Å². The molecule has 0 saturated carbocycles. The number of rotatable bonds is 4. The molecular weight excluding hydrogens is 361 g/mol. The Hall–Kier alpha value is -3.06. The van der Waals surface area contributed by atoms with Crippen molar-refractivity contribution in [2.75, 3.05) is 11.9 Å². The predicted molar refractivity (Wildman–Crippen MR) is 94.6 cm³/mol. The number of nitrogens with zero attached hydrogens (tertiary/aromatic N) is 2. The second-order valence-electron chi connectivity index (χ2n) is 5.44. The minimum absolute atomic E-state index is 0.210. The first-order valence-electron chi connectivity index (χ1n) is 7.58. The standard InChI is InChI=1S/C18H13ClFN3O3/c1-10-14(6-11-2-4-13(20)7-15(11)22-10)18(25)26-9-17(24)23-16-5-3-12(19)8-21-16/h2-8H,9H2,1H3,(H,21,23,24). The molecule has 6 nitrogen and oxygen atoms in total. The molecule has 0 aliphatic carbocycles. The number of fused-ring (bicyclic) bond motifs is 1. The smallest absolute Gasteiger partial charge is 0.340 e. The SMILES string of the molecule is Cc1nc2cc(F)ccc2cc1C(=O)OCC(=O)Nc1ccc(Cl)cn1. The number of anilines is 1. The molecule has 2 heterocycles. The molecule has 0 radical (unpaired) electrons. The van der Waals surface area contributed by atoms with E-state index in [4.69, 9.17) is 16.3 Å². The van der Waals surface area contributed by atoms with Gasteiger partial charge in [0, 0.05) is 17.6 Å². The van der Waals surface area contributed by atoms with E-state index in [-0.39, 0.29) is 5.56 Å². The van der Waals surface area contributed by atoms with E-state index in [2.05, 4.69) is 15.3 Å². The molecule has 0 aliphatic rings. The quantitative estimate of drug-likeness (QED) is 0.707. The van der Waals surface area contributed by atoms with Gasteiger partial charge in [-0.2, -0.15) is 0 Å². The minimum Gasteiger partial charge on any atom is -0.452 e. The number of hydrogen-bond acceptors (Lipinski definition) is 5. The Labute approximate surface area is 153 Å². The van der Waals surface area contributed by atoms with Gasteiger partial charge in [0.05, 0.1) is 21.8 Å². The number of amides is 1. The van der Waals surface area contributed by atoms with E-state index in [1.165, 1.54) is 30.5 Å². The van der Waals surface area contributed by atoms with Crippen molar-refractivity contribution in [2.45, 2.75) is 6.92 Å². The molecule has 0 fully saturated rings. The summed E-state index contributed by atoms with van der Waals surface area (Å²) >= 11 is 5.71. The number of aryl methyl sites for hydroxylation is 1. The van der Waals surface area contributed by atoms with Gasteiger partial charge in [-0.25, -0.2) is 14.2 Å². The summed E-state index contributed by atoms with van der Waals surface area (Å²) in [6.07, 6.45) is 1.39. The van der Waals surface area contributed by atoms with Crippen molar-refractivity contribution in [1.29, 1.82) is 0 Å². The Bertz CT molecular complexity index is 993. The number of nitrogens with one attached hydrogen (secondary N) is 1. The Balaban J connectivity index is 1.67. The van der Waals surface area contributed by atoms with Crippen LogP contribution in [0.4, 0.5) is 10.2 Å². The van der Waals surface area contributed by atoms with Gasteiger partial charge in [-0.3, -0.25) is 9.78 Å². The van der Waals surface area contributed by atoms with Crippen LogP contribution in [0, 0.1) is 12.7 Å². The lowest BCUT2D eigenvalue weighted by Crippen LogP contribution is -2.21. The zero-order chi connectivity index (χ0) is 18.7. The van der Waals surface area contributed by atoms with Crippen molar-refractivity contribution in [3.63, 3.8) is 0 Å². The molecule has 0 atom stereocenters. The average molecular weight is 374 g/mol. The van der Waals surface area contributed by atoms with Gasteiger partial charge in [0.15, 0.2) is 6.61 Å². The predicted octanol–water partition coefficient (Wildman–Crippen LogP) is 3.53. The highest BCUT2D eigenvalue weighted by molar-refractivity contribution is 6.30.